The van der Waals surface area contributed by atoms with Gasteiger partial charge >= 0.3 is 11.9 Å². The first-order valence-electron chi connectivity index (χ1n) is 8.98. The van der Waals surface area contributed by atoms with Crippen molar-refractivity contribution in [1.29, 1.82) is 0 Å². The van der Waals surface area contributed by atoms with E-state index in [0.717, 1.165) is 0 Å². The van der Waals surface area contributed by atoms with E-state index in [1.54, 1.807) is 32.9 Å². The summed E-state index contributed by atoms with van der Waals surface area (Å²) < 4.78 is 16.6. The van der Waals surface area contributed by atoms with Gasteiger partial charge in [0.15, 0.2) is 5.60 Å². The number of ether oxygens (including phenoxy) is 3. The van der Waals surface area contributed by atoms with Crippen LogP contribution in [0.1, 0.15) is 27.2 Å². The zero-order chi connectivity index (χ0) is 19.7. The minimum atomic E-state index is -1.30. The van der Waals surface area contributed by atoms with Gasteiger partial charge in [-0.25, -0.2) is 9.59 Å². The molecule has 0 aromatic rings. The maximum absolute atomic E-state index is 12.6. The number of rotatable bonds is 3. The Morgan fingerprint density at radius 1 is 1.44 bits per heavy atom. The lowest BCUT2D eigenvalue weighted by Crippen LogP contribution is -2.44. The lowest BCUT2D eigenvalue weighted by atomic mass is 9.78. The van der Waals surface area contributed by atoms with Gasteiger partial charge in [-0.2, -0.15) is 0 Å². The van der Waals surface area contributed by atoms with Crippen LogP contribution >= 0.6 is 0 Å². The third-order valence-corrected chi connectivity index (χ3v) is 6.29. The molecule has 0 amide bonds. The molecule has 144 valence electrons. The van der Waals surface area contributed by atoms with E-state index in [0.29, 0.717) is 17.4 Å². The molecule has 7 heteroatoms. The second-order valence-corrected chi connectivity index (χ2v) is 8.07. The highest BCUT2D eigenvalue weighted by molar-refractivity contribution is 5.92. The summed E-state index contributed by atoms with van der Waals surface area (Å²) in [5.41, 5.74) is -1.12. The summed E-state index contributed by atoms with van der Waals surface area (Å²) in [4.78, 5) is 36.6. The van der Waals surface area contributed by atoms with E-state index in [2.05, 4.69) is 6.58 Å². The monoisotopic (exact) mass is 374 g/mol. The molecule has 0 aromatic heterocycles. The Bertz CT molecular complexity index is 820. The summed E-state index contributed by atoms with van der Waals surface area (Å²) in [6, 6.07) is 0. The molecule has 0 bridgehead atoms. The van der Waals surface area contributed by atoms with E-state index in [1.165, 1.54) is 0 Å². The summed E-state index contributed by atoms with van der Waals surface area (Å²) >= 11 is 0. The van der Waals surface area contributed by atoms with Crippen molar-refractivity contribution in [2.45, 2.75) is 56.7 Å². The molecule has 27 heavy (non-hydrogen) atoms. The smallest absolute Gasteiger partial charge is 0.341 e. The summed E-state index contributed by atoms with van der Waals surface area (Å²) in [6.07, 6.45) is 2.25. The van der Waals surface area contributed by atoms with Gasteiger partial charge in [0.1, 0.15) is 18.5 Å². The second kappa shape index (κ2) is 5.62. The molecule has 0 aromatic carbocycles. The average molecular weight is 374 g/mol. The van der Waals surface area contributed by atoms with Crippen LogP contribution in [0.25, 0.3) is 0 Å². The largest absolute Gasteiger partial charge is 0.459 e. The first kappa shape index (κ1) is 18.1. The zero-order valence-electron chi connectivity index (χ0n) is 15.4. The van der Waals surface area contributed by atoms with Crippen LogP contribution in [0.4, 0.5) is 0 Å². The van der Waals surface area contributed by atoms with Gasteiger partial charge in [0.05, 0.1) is 23.5 Å². The van der Waals surface area contributed by atoms with E-state index in [1.807, 2.05) is 0 Å². The fourth-order valence-electron chi connectivity index (χ4n) is 4.41. The molecular formula is C20H22O7. The van der Waals surface area contributed by atoms with Crippen LogP contribution in [0, 0.1) is 11.8 Å². The Morgan fingerprint density at radius 2 is 2.11 bits per heavy atom. The number of fused-ring (bicyclic) bond motifs is 3. The first-order chi connectivity index (χ1) is 12.6. The molecule has 4 rings (SSSR count). The maximum atomic E-state index is 12.6. The number of carbonyl (C=O) groups excluding carboxylic acids is 3. The molecule has 1 N–H and O–H groups in total. The van der Waals surface area contributed by atoms with Crippen LogP contribution in [0.2, 0.25) is 0 Å². The molecule has 2 heterocycles. The van der Waals surface area contributed by atoms with Crippen molar-refractivity contribution in [2.75, 3.05) is 0 Å². The number of hydrogen-bond donors (Lipinski definition) is 1. The highest BCUT2D eigenvalue weighted by Crippen LogP contribution is 2.50. The number of esters is 2. The predicted octanol–water partition coefficient (Wildman–Crippen LogP) is 1.01. The molecule has 4 aliphatic rings. The lowest BCUT2D eigenvalue weighted by Gasteiger charge is -2.33. The van der Waals surface area contributed by atoms with Crippen LogP contribution in [0.15, 0.2) is 35.5 Å². The van der Waals surface area contributed by atoms with Crippen molar-refractivity contribution >= 4 is 18.2 Å². The van der Waals surface area contributed by atoms with Crippen LogP contribution in [0.5, 0.6) is 0 Å². The Hall–Kier alpha value is -2.25. The van der Waals surface area contributed by atoms with Crippen LogP contribution in [-0.4, -0.2) is 52.8 Å². The van der Waals surface area contributed by atoms with Gasteiger partial charge in [0, 0.05) is 12.0 Å². The van der Waals surface area contributed by atoms with E-state index in [-0.39, 0.29) is 18.1 Å². The summed E-state index contributed by atoms with van der Waals surface area (Å²) in [5, 5.41) is 10.8. The molecule has 2 aliphatic heterocycles. The first-order valence-corrected chi connectivity index (χ1v) is 8.98. The molecule has 0 saturated carbocycles. The number of aldehydes is 1. The Balaban J connectivity index is 1.74. The van der Waals surface area contributed by atoms with Gasteiger partial charge in [-0.3, -0.25) is 4.79 Å². The van der Waals surface area contributed by atoms with E-state index in [9.17, 15) is 19.5 Å². The zero-order valence-corrected chi connectivity index (χ0v) is 15.4. The average Bonchev–Trinajstić information content (AvgIpc) is 3.00. The van der Waals surface area contributed by atoms with Crippen molar-refractivity contribution in [1.82, 2.24) is 0 Å². The minimum absolute atomic E-state index is 0.114. The van der Waals surface area contributed by atoms with Gasteiger partial charge in [-0.1, -0.05) is 18.7 Å². The van der Waals surface area contributed by atoms with Gasteiger partial charge in [-0.15, -0.1) is 0 Å². The molecule has 2 aliphatic carbocycles. The van der Waals surface area contributed by atoms with Crippen molar-refractivity contribution in [3.05, 3.63) is 35.5 Å². The number of allylic oxidation sites excluding steroid dienone is 1. The van der Waals surface area contributed by atoms with Gasteiger partial charge in [-0.05, 0) is 31.9 Å². The van der Waals surface area contributed by atoms with E-state index in [4.69, 9.17) is 14.2 Å². The van der Waals surface area contributed by atoms with Crippen LogP contribution in [-0.2, 0) is 28.6 Å². The molecule has 2 saturated heterocycles. The molecule has 7 nitrogen and oxygen atoms in total. The van der Waals surface area contributed by atoms with Crippen molar-refractivity contribution in [2.24, 2.45) is 11.8 Å². The fraction of sp³-hybridized carbons (Fsp3) is 0.550. The van der Waals surface area contributed by atoms with Crippen molar-refractivity contribution < 1.29 is 33.7 Å². The fourth-order valence-corrected chi connectivity index (χ4v) is 4.41. The number of carbonyl (C=O) groups is 3. The van der Waals surface area contributed by atoms with Crippen molar-refractivity contribution in [3.8, 4) is 0 Å². The standard InChI is InChI=1S/C20H22O7/c1-9-14-13(25-18(23)20(4)10(2)27-20)7-11(8-21)12-5-6-19(3,24)15(12)16(14)26-17(9)22/h5-6,8,10,13-16,24H,1,7H2,2-4H3. The third kappa shape index (κ3) is 2.52. The lowest BCUT2D eigenvalue weighted by molar-refractivity contribution is -0.159. The van der Waals surface area contributed by atoms with Crippen LogP contribution in [0.3, 0.4) is 0 Å². The second-order valence-electron chi connectivity index (χ2n) is 8.07. The normalized spacial score (nSPS) is 45.1. The van der Waals surface area contributed by atoms with Crippen molar-refractivity contribution in [3.63, 3.8) is 0 Å². The Labute approximate surface area is 156 Å². The van der Waals surface area contributed by atoms with Gasteiger partial charge in [0.2, 0.25) is 0 Å². The topological polar surface area (TPSA) is 102 Å². The van der Waals surface area contributed by atoms with Crippen LogP contribution < -0.4 is 0 Å². The summed E-state index contributed by atoms with van der Waals surface area (Å²) in [6.45, 7) is 8.83. The molecule has 7 unspecified atom stereocenters. The minimum Gasteiger partial charge on any atom is -0.459 e. The quantitative estimate of drug-likeness (QED) is 0.340. The Kier molecular flexibility index (Phi) is 3.78. The summed E-state index contributed by atoms with van der Waals surface area (Å²) in [7, 11) is 0. The van der Waals surface area contributed by atoms with Gasteiger partial charge in [0.25, 0.3) is 0 Å². The third-order valence-electron chi connectivity index (χ3n) is 6.29. The maximum Gasteiger partial charge on any atom is 0.341 e. The Morgan fingerprint density at radius 3 is 2.70 bits per heavy atom. The molecule has 2 fully saturated rings. The van der Waals surface area contributed by atoms with E-state index >= 15 is 0 Å². The predicted molar refractivity (Wildman–Crippen MR) is 92.3 cm³/mol. The number of epoxide rings is 1. The molecule has 0 spiro atoms. The summed E-state index contributed by atoms with van der Waals surface area (Å²) in [5.74, 6) is -2.40. The van der Waals surface area contributed by atoms with E-state index < -0.39 is 47.2 Å². The molecule has 0 radical (unpaired) electrons. The molecular weight excluding hydrogens is 352 g/mol. The molecule has 7 atom stereocenters. The highest BCUT2D eigenvalue weighted by Gasteiger charge is 2.60. The SMILES string of the molecule is C=C1C(=O)OC2C1C(OC(=O)C1(C)OC1C)CC(C=O)=C1C=CC(C)(O)C12. The van der Waals surface area contributed by atoms with Gasteiger partial charge < -0.3 is 19.3 Å². The highest BCUT2D eigenvalue weighted by atomic mass is 16.7. The number of hydrogen-bond acceptors (Lipinski definition) is 7. The number of aliphatic hydroxyl groups is 1.